The summed E-state index contributed by atoms with van der Waals surface area (Å²) < 4.78 is 15.2. The van der Waals surface area contributed by atoms with E-state index in [4.69, 9.17) is 5.73 Å². The van der Waals surface area contributed by atoms with Crippen LogP contribution in [0.3, 0.4) is 0 Å². The van der Waals surface area contributed by atoms with Crippen LogP contribution in [0.5, 0.6) is 0 Å². The Morgan fingerprint density at radius 3 is 2.44 bits per heavy atom. The van der Waals surface area contributed by atoms with E-state index in [9.17, 15) is 24.6 Å². The van der Waals surface area contributed by atoms with Gasteiger partial charge in [0.15, 0.2) is 5.13 Å². The number of nitrogens with one attached hydrogen (secondary N) is 1. The summed E-state index contributed by atoms with van der Waals surface area (Å²) in [6.07, 6.45) is 5.41. The van der Waals surface area contributed by atoms with Gasteiger partial charge in [0.1, 0.15) is 11.9 Å². The Labute approximate surface area is 310 Å². The van der Waals surface area contributed by atoms with Crippen LogP contribution < -0.4 is 11.1 Å². The number of amides is 3. The van der Waals surface area contributed by atoms with E-state index in [1.165, 1.54) is 27.2 Å². The lowest BCUT2D eigenvalue weighted by atomic mass is 9.81. The van der Waals surface area contributed by atoms with Gasteiger partial charge in [-0.05, 0) is 42.9 Å². The van der Waals surface area contributed by atoms with Crippen molar-refractivity contribution in [1.29, 1.82) is 0 Å². The van der Waals surface area contributed by atoms with Crippen LogP contribution in [0.1, 0.15) is 82.2 Å². The molecule has 284 valence electrons. The summed E-state index contributed by atoms with van der Waals surface area (Å²) >= 11 is 1.22. The Bertz CT molecular complexity index is 1570. The third-order valence-electron chi connectivity index (χ3n) is 9.88. The van der Waals surface area contributed by atoms with Crippen molar-refractivity contribution in [1.82, 2.24) is 25.1 Å². The van der Waals surface area contributed by atoms with E-state index in [1.807, 2.05) is 32.0 Å². The highest BCUT2D eigenvalue weighted by molar-refractivity contribution is 7.13. The SMILES string of the molecule is CC(C)C[C@H](O)[C@H](O)[C@H](CC1CCCCC1)N(Cc1ccccc1F)C(=O)[C@@H](CC(=O)NCC(=O)N(C)CCc1ccccn1)Cc1csc(N)n1. The smallest absolute Gasteiger partial charge is 0.241 e. The van der Waals surface area contributed by atoms with Gasteiger partial charge in [-0.2, -0.15) is 0 Å². The minimum Gasteiger partial charge on any atom is -0.390 e. The molecular weight excluding hydrogens is 684 g/mol. The first-order valence-electron chi connectivity index (χ1n) is 18.4. The van der Waals surface area contributed by atoms with Crippen molar-refractivity contribution < 1.29 is 29.0 Å². The Morgan fingerprint density at radius 1 is 1.06 bits per heavy atom. The molecule has 1 aliphatic carbocycles. The summed E-state index contributed by atoms with van der Waals surface area (Å²) in [4.78, 5) is 53.0. The zero-order valence-corrected chi connectivity index (χ0v) is 31.4. The molecule has 3 amide bonds. The summed E-state index contributed by atoms with van der Waals surface area (Å²) in [7, 11) is 1.66. The molecule has 1 saturated carbocycles. The van der Waals surface area contributed by atoms with Crippen LogP contribution in [-0.2, 0) is 33.8 Å². The maximum absolute atomic E-state index is 15.2. The van der Waals surface area contributed by atoms with Crippen molar-refractivity contribution in [2.24, 2.45) is 17.8 Å². The van der Waals surface area contributed by atoms with Crippen LogP contribution in [0, 0.1) is 23.6 Å². The van der Waals surface area contributed by atoms with Crippen LogP contribution in [0.2, 0.25) is 0 Å². The van der Waals surface area contributed by atoms with E-state index >= 15 is 4.39 Å². The Hall–Kier alpha value is -3.94. The lowest BCUT2D eigenvalue weighted by Gasteiger charge is -2.41. The molecule has 3 aromatic rings. The van der Waals surface area contributed by atoms with Crippen molar-refractivity contribution in [2.45, 2.75) is 103 Å². The van der Waals surface area contributed by atoms with E-state index < -0.39 is 41.8 Å². The lowest BCUT2D eigenvalue weighted by molar-refractivity contribution is -0.147. The van der Waals surface area contributed by atoms with E-state index in [2.05, 4.69) is 15.3 Å². The monoisotopic (exact) mass is 738 g/mol. The van der Waals surface area contributed by atoms with E-state index in [0.29, 0.717) is 36.6 Å². The molecule has 0 spiro atoms. The quantitative estimate of drug-likeness (QED) is 0.137. The van der Waals surface area contributed by atoms with Crippen molar-refractivity contribution in [3.63, 3.8) is 0 Å². The number of nitrogen functional groups attached to an aromatic ring is 1. The summed E-state index contributed by atoms with van der Waals surface area (Å²) in [5, 5.41) is 27.8. The van der Waals surface area contributed by atoms with Crippen LogP contribution in [0.15, 0.2) is 54.0 Å². The van der Waals surface area contributed by atoms with Crippen LogP contribution in [0.25, 0.3) is 0 Å². The van der Waals surface area contributed by atoms with E-state index in [1.54, 1.807) is 36.8 Å². The number of benzene rings is 1. The highest BCUT2D eigenvalue weighted by atomic mass is 32.1. The highest BCUT2D eigenvalue weighted by Gasteiger charge is 2.39. The molecule has 0 saturated heterocycles. The molecule has 1 aromatic carbocycles. The van der Waals surface area contributed by atoms with Crippen LogP contribution in [0.4, 0.5) is 9.52 Å². The molecular formula is C39H55FN6O5S. The molecule has 2 heterocycles. The number of nitrogens with zero attached hydrogens (tertiary/aromatic N) is 4. The maximum atomic E-state index is 15.2. The number of halogens is 1. The fourth-order valence-corrected chi connectivity index (χ4v) is 7.55. The minimum atomic E-state index is -1.30. The number of rotatable bonds is 19. The summed E-state index contributed by atoms with van der Waals surface area (Å²) in [6, 6.07) is 10.9. The number of aliphatic hydroxyl groups excluding tert-OH is 2. The number of carbonyl (C=O) groups is 3. The molecule has 1 fully saturated rings. The Kier molecular flexibility index (Phi) is 16.0. The maximum Gasteiger partial charge on any atom is 0.241 e. The van der Waals surface area contributed by atoms with Gasteiger partial charge in [-0.25, -0.2) is 9.37 Å². The number of pyridine rings is 1. The normalized spacial score (nSPS) is 15.8. The van der Waals surface area contributed by atoms with Gasteiger partial charge in [0.05, 0.1) is 30.3 Å². The van der Waals surface area contributed by atoms with Crippen molar-refractivity contribution in [3.05, 3.63) is 76.8 Å². The Balaban J connectivity index is 1.60. The first-order chi connectivity index (χ1) is 24.9. The molecule has 52 heavy (non-hydrogen) atoms. The van der Waals surface area contributed by atoms with E-state index in [0.717, 1.165) is 37.8 Å². The second-order valence-electron chi connectivity index (χ2n) is 14.5. The molecule has 1 aliphatic rings. The zero-order valence-electron chi connectivity index (χ0n) is 30.6. The van der Waals surface area contributed by atoms with Crippen molar-refractivity contribution in [3.8, 4) is 0 Å². The number of nitrogens with two attached hydrogens (primary N) is 1. The number of carbonyl (C=O) groups excluding carboxylic acids is 3. The van der Waals surface area contributed by atoms with Crippen molar-refractivity contribution >= 4 is 34.2 Å². The van der Waals surface area contributed by atoms with Gasteiger partial charge in [-0.3, -0.25) is 19.4 Å². The van der Waals surface area contributed by atoms with Gasteiger partial charge in [-0.1, -0.05) is 70.2 Å². The average molecular weight is 739 g/mol. The number of thiazole rings is 1. The molecule has 0 radical (unpaired) electrons. The predicted octanol–water partition coefficient (Wildman–Crippen LogP) is 4.76. The number of hydrogen-bond donors (Lipinski definition) is 4. The third kappa shape index (κ3) is 12.6. The lowest BCUT2D eigenvalue weighted by Crippen LogP contribution is -2.54. The number of hydrogen-bond acceptors (Lipinski definition) is 9. The van der Waals surface area contributed by atoms with Gasteiger partial charge >= 0.3 is 0 Å². The molecule has 0 bridgehead atoms. The largest absolute Gasteiger partial charge is 0.390 e. The summed E-state index contributed by atoms with van der Waals surface area (Å²) in [5.74, 6) is -2.47. The molecule has 0 unspecified atom stereocenters. The molecule has 0 aliphatic heterocycles. The molecule has 4 atom stereocenters. The molecule has 11 nitrogen and oxygen atoms in total. The van der Waals surface area contributed by atoms with E-state index in [-0.39, 0.29) is 49.2 Å². The first kappa shape index (κ1) is 40.8. The predicted molar refractivity (Wildman–Crippen MR) is 200 cm³/mol. The summed E-state index contributed by atoms with van der Waals surface area (Å²) in [6.45, 7) is 3.89. The molecule has 5 N–H and O–H groups in total. The minimum absolute atomic E-state index is 0.0619. The van der Waals surface area contributed by atoms with Crippen LogP contribution in [-0.4, -0.2) is 86.1 Å². The standard InChI is InChI=1S/C39H55FN6O5S/c1-26(2)19-34(47)37(50)33(20-27-11-5-4-6-12-27)46(24-28-13-7-8-15-32(28)40)38(51)29(21-31-25-52-39(41)44-31)22-35(48)43-23-36(49)45(3)18-16-30-14-9-10-17-42-30/h7-10,13-15,17,25-27,29,33-34,37,47,50H,4-6,11-12,16,18-24H2,1-3H3,(H2,41,44)(H,43,48)/t29-,33+,34+,37-/m1/s1. The molecule has 13 heteroatoms. The highest BCUT2D eigenvalue weighted by Crippen LogP contribution is 2.33. The zero-order chi connectivity index (χ0) is 37.6. The number of likely N-dealkylation sites (N-methyl/N-ethyl adjacent to an activating group) is 1. The number of anilines is 1. The van der Waals surface area contributed by atoms with Gasteiger partial charge in [0, 0.05) is 62.2 Å². The van der Waals surface area contributed by atoms with Gasteiger partial charge < -0.3 is 31.1 Å². The second kappa shape index (κ2) is 20.3. The first-order valence-corrected chi connectivity index (χ1v) is 19.3. The molecule has 2 aromatic heterocycles. The van der Waals surface area contributed by atoms with Crippen molar-refractivity contribution in [2.75, 3.05) is 25.9 Å². The average Bonchev–Trinajstić information content (AvgIpc) is 3.55. The summed E-state index contributed by atoms with van der Waals surface area (Å²) in [5.41, 5.74) is 7.56. The Morgan fingerprint density at radius 2 is 1.79 bits per heavy atom. The topological polar surface area (TPSA) is 162 Å². The second-order valence-corrected chi connectivity index (χ2v) is 15.4. The van der Waals surface area contributed by atoms with Crippen LogP contribution >= 0.6 is 11.3 Å². The number of aromatic nitrogens is 2. The number of aliphatic hydroxyl groups is 2. The molecule has 4 rings (SSSR count). The van der Waals surface area contributed by atoms with Gasteiger partial charge in [-0.15, -0.1) is 11.3 Å². The fourth-order valence-electron chi connectivity index (χ4n) is 6.97. The van der Waals surface area contributed by atoms with Gasteiger partial charge in [0.25, 0.3) is 0 Å². The third-order valence-corrected chi connectivity index (χ3v) is 10.6. The van der Waals surface area contributed by atoms with Gasteiger partial charge in [0.2, 0.25) is 17.7 Å². The fraction of sp³-hybridized carbons (Fsp3) is 0.564.